The average molecular weight is 453 g/mol. The van der Waals surface area contributed by atoms with Gasteiger partial charge in [-0.3, -0.25) is 9.48 Å². The van der Waals surface area contributed by atoms with Crippen molar-refractivity contribution in [1.29, 1.82) is 0 Å². The fourth-order valence-corrected chi connectivity index (χ4v) is 3.60. The molecule has 3 aromatic rings. The summed E-state index contributed by atoms with van der Waals surface area (Å²) in [6, 6.07) is 2.87. The molecule has 7 nitrogen and oxygen atoms in total. The molecule has 1 saturated carbocycles. The summed E-state index contributed by atoms with van der Waals surface area (Å²) in [5.74, 6) is -0.139. The van der Waals surface area contributed by atoms with E-state index in [9.17, 15) is 13.6 Å². The quantitative estimate of drug-likeness (QED) is 0.570. The molecule has 4 rings (SSSR count). The van der Waals surface area contributed by atoms with Crippen LogP contribution in [0.4, 0.5) is 8.78 Å². The van der Waals surface area contributed by atoms with Gasteiger partial charge in [-0.05, 0) is 41.8 Å². The maximum Gasteiger partial charge on any atom is 0.280 e. The zero-order valence-electron chi connectivity index (χ0n) is 15.4. The van der Waals surface area contributed by atoms with Crippen molar-refractivity contribution in [3.63, 3.8) is 0 Å². The topological polar surface area (TPSA) is 68.3 Å². The molecule has 148 valence electrons. The van der Waals surface area contributed by atoms with E-state index in [-0.39, 0.29) is 28.9 Å². The second-order valence-corrected chi connectivity index (χ2v) is 7.75. The van der Waals surface area contributed by atoms with Crippen LogP contribution in [0.25, 0.3) is 5.65 Å². The lowest BCUT2D eigenvalue weighted by molar-refractivity contribution is 0.0774. The van der Waals surface area contributed by atoms with Crippen LogP contribution in [-0.4, -0.2) is 42.2 Å². The van der Waals surface area contributed by atoms with Gasteiger partial charge in [-0.2, -0.15) is 10.2 Å². The van der Waals surface area contributed by atoms with Gasteiger partial charge in [0.1, 0.15) is 5.69 Å². The van der Waals surface area contributed by atoms with Crippen molar-refractivity contribution in [3.8, 4) is 0 Å². The highest BCUT2D eigenvalue weighted by Crippen LogP contribution is 2.40. The molecule has 0 N–H and O–H groups in total. The van der Waals surface area contributed by atoms with Gasteiger partial charge in [0.05, 0.1) is 22.9 Å². The summed E-state index contributed by atoms with van der Waals surface area (Å²) < 4.78 is 30.7. The van der Waals surface area contributed by atoms with Crippen LogP contribution in [0.15, 0.2) is 22.8 Å². The molecule has 1 aliphatic rings. The molecule has 28 heavy (non-hydrogen) atoms. The van der Waals surface area contributed by atoms with Gasteiger partial charge < -0.3 is 4.90 Å². The van der Waals surface area contributed by atoms with Crippen LogP contribution in [0.5, 0.6) is 0 Å². The third-order valence-corrected chi connectivity index (χ3v) is 5.51. The minimum absolute atomic E-state index is 0.0866. The monoisotopic (exact) mass is 452 g/mol. The Kier molecular flexibility index (Phi) is 4.90. The van der Waals surface area contributed by atoms with Crippen LogP contribution in [0.1, 0.15) is 59.7 Å². The summed E-state index contributed by atoms with van der Waals surface area (Å²) in [7, 11) is 1.64. The van der Waals surface area contributed by atoms with E-state index in [1.807, 2.05) is 6.92 Å². The highest BCUT2D eigenvalue weighted by atomic mass is 79.9. The Morgan fingerprint density at radius 3 is 2.79 bits per heavy atom. The summed E-state index contributed by atoms with van der Waals surface area (Å²) >= 11 is 3.44. The number of aromatic nitrogens is 5. The Labute approximate surface area is 168 Å². The number of carbonyl (C=O) groups excluding carboxylic acids is 1. The maximum absolute atomic E-state index is 13.5. The van der Waals surface area contributed by atoms with Gasteiger partial charge in [-0.15, -0.1) is 0 Å². The van der Waals surface area contributed by atoms with Gasteiger partial charge in [0, 0.05) is 31.3 Å². The van der Waals surface area contributed by atoms with E-state index in [4.69, 9.17) is 0 Å². The molecule has 1 aliphatic carbocycles. The fraction of sp³-hybridized carbons (Fsp3) is 0.444. The summed E-state index contributed by atoms with van der Waals surface area (Å²) in [6.07, 6.45) is 0.891. The third kappa shape index (κ3) is 3.41. The van der Waals surface area contributed by atoms with E-state index in [0.29, 0.717) is 18.8 Å². The molecule has 0 aromatic carbocycles. The van der Waals surface area contributed by atoms with E-state index < -0.39 is 6.43 Å². The van der Waals surface area contributed by atoms with Crippen LogP contribution in [-0.2, 0) is 13.1 Å². The first-order valence-electron chi connectivity index (χ1n) is 9.03. The smallest absolute Gasteiger partial charge is 0.280 e. The Balaban J connectivity index is 1.65. The normalized spacial score (nSPS) is 14.2. The first-order valence-corrected chi connectivity index (χ1v) is 9.82. The molecular formula is C18H19BrF2N6O. The first kappa shape index (κ1) is 19.0. The summed E-state index contributed by atoms with van der Waals surface area (Å²) in [4.78, 5) is 18.8. The molecule has 1 fully saturated rings. The standard InChI is InChI=1S/C18H19BrF2N6O/c1-3-26-15(11(19)8-22-26)9-25(2)18(28)13-7-16-23-12(10-4-5-10)6-14(17(20)21)27(16)24-13/h6-8,10,17H,3-5,9H2,1-2H3. The molecule has 0 unspecified atom stereocenters. The van der Waals surface area contributed by atoms with Gasteiger partial charge in [-0.25, -0.2) is 18.3 Å². The van der Waals surface area contributed by atoms with E-state index >= 15 is 0 Å². The average Bonchev–Trinajstić information content (AvgIpc) is 3.34. The lowest BCUT2D eigenvalue weighted by atomic mass is 10.2. The molecule has 3 heterocycles. The van der Waals surface area contributed by atoms with Crippen molar-refractivity contribution in [3.05, 3.63) is 45.6 Å². The number of aryl methyl sites for hydroxylation is 1. The molecule has 0 atom stereocenters. The minimum atomic E-state index is -2.70. The van der Waals surface area contributed by atoms with Gasteiger partial charge in [0.25, 0.3) is 12.3 Å². The zero-order chi connectivity index (χ0) is 20.0. The Hall–Kier alpha value is -2.36. The second-order valence-electron chi connectivity index (χ2n) is 6.90. The molecule has 0 bridgehead atoms. The first-order chi connectivity index (χ1) is 13.4. The molecule has 0 saturated heterocycles. The molecule has 1 amide bonds. The molecule has 0 spiro atoms. The third-order valence-electron chi connectivity index (χ3n) is 4.84. The SMILES string of the molecule is CCn1ncc(Br)c1CN(C)C(=O)c1cc2nc(C3CC3)cc(C(F)F)n2n1. The number of nitrogens with zero attached hydrogens (tertiary/aromatic N) is 6. The highest BCUT2D eigenvalue weighted by Gasteiger charge is 2.29. The zero-order valence-corrected chi connectivity index (χ0v) is 17.0. The summed E-state index contributed by atoms with van der Waals surface area (Å²) in [5, 5.41) is 8.35. The molecule has 0 aliphatic heterocycles. The van der Waals surface area contributed by atoms with Crippen molar-refractivity contribution >= 4 is 27.5 Å². The number of hydrogen-bond donors (Lipinski definition) is 0. The summed E-state index contributed by atoms with van der Waals surface area (Å²) in [6.45, 7) is 2.94. The van der Waals surface area contributed by atoms with E-state index in [1.54, 1.807) is 17.9 Å². The highest BCUT2D eigenvalue weighted by molar-refractivity contribution is 9.10. The van der Waals surface area contributed by atoms with Gasteiger partial charge in [-0.1, -0.05) is 0 Å². The predicted molar refractivity (Wildman–Crippen MR) is 101 cm³/mol. The van der Waals surface area contributed by atoms with E-state index in [1.165, 1.54) is 17.0 Å². The van der Waals surface area contributed by atoms with Crippen LogP contribution < -0.4 is 0 Å². The van der Waals surface area contributed by atoms with Crippen molar-refractivity contribution in [1.82, 2.24) is 29.3 Å². The fourth-order valence-electron chi connectivity index (χ4n) is 3.18. The van der Waals surface area contributed by atoms with Crippen molar-refractivity contribution in [2.24, 2.45) is 0 Å². The number of alkyl halides is 2. The molecule has 0 radical (unpaired) electrons. The van der Waals surface area contributed by atoms with Crippen molar-refractivity contribution in [2.45, 2.75) is 45.2 Å². The number of rotatable bonds is 6. The Morgan fingerprint density at radius 2 is 2.14 bits per heavy atom. The number of hydrogen-bond acceptors (Lipinski definition) is 4. The van der Waals surface area contributed by atoms with Gasteiger partial charge in [0.2, 0.25) is 0 Å². The predicted octanol–water partition coefficient (Wildman–Crippen LogP) is 3.80. The maximum atomic E-state index is 13.5. The van der Waals surface area contributed by atoms with E-state index in [2.05, 4.69) is 31.1 Å². The molecular weight excluding hydrogens is 434 g/mol. The van der Waals surface area contributed by atoms with Crippen LogP contribution in [0, 0.1) is 0 Å². The Bertz CT molecular complexity index is 1040. The summed E-state index contributed by atoms with van der Waals surface area (Å²) in [5.41, 5.74) is 1.62. The van der Waals surface area contributed by atoms with Gasteiger partial charge >= 0.3 is 0 Å². The lowest BCUT2D eigenvalue weighted by Gasteiger charge is -2.17. The molecule has 10 heteroatoms. The second kappa shape index (κ2) is 7.23. The van der Waals surface area contributed by atoms with E-state index in [0.717, 1.165) is 27.5 Å². The number of halogens is 3. The van der Waals surface area contributed by atoms with Crippen LogP contribution in [0.2, 0.25) is 0 Å². The number of amides is 1. The van der Waals surface area contributed by atoms with Crippen molar-refractivity contribution in [2.75, 3.05) is 7.05 Å². The lowest BCUT2D eigenvalue weighted by Crippen LogP contribution is -2.28. The largest absolute Gasteiger partial charge is 0.334 e. The number of fused-ring (bicyclic) bond motifs is 1. The number of carbonyl (C=O) groups is 1. The molecule has 3 aromatic heterocycles. The minimum Gasteiger partial charge on any atom is -0.334 e. The Morgan fingerprint density at radius 1 is 1.39 bits per heavy atom. The van der Waals surface area contributed by atoms with Crippen LogP contribution in [0.3, 0.4) is 0 Å². The van der Waals surface area contributed by atoms with Gasteiger partial charge in [0.15, 0.2) is 11.3 Å². The van der Waals surface area contributed by atoms with Crippen LogP contribution >= 0.6 is 15.9 Å². The van der Waals surface area contributed by atoms with Crippen molar-refractivity contribution < 1.29 is 13.6 Å².